The Morgan fingerprint density at radius 1 is 1.15 bits per heavy atom. The Morgan fingerprint density at radius 3 is 2.62 bits per heavy atom. The molecule has 9 heteroatoms. The summed E-state index contributed by atoms with van der Waals surface area (Å²) in [5.41, 5.74) is 2.25. The zero-order valence-corrected chi connectivity index (χ0v) is 23.9. The summed E-state index contributed by atoms with van der Waals surface area (Å²) < 4.78 is 11.3. The minimum Gasteiger partial charge on any atom is -0.476 e. The molecule has 0 spiro atoms. The lowest BCUT2D eigenvalue weighted by Crippen LogP contribution is -2.53. The predicted octanol–water partition coefficient (Wildman–Crippen LogP) is 3.90. The maximum absolute atomic E-state index is 14.0. The van der Waals surface area contributed by atoms with Crippen LogP contribution in [0.5, 0.6) is 5.75 Å². The van der Waals surface area contributed by atoms with Crippen LogP contribution in [0.2, 0.25) is 0 Å². The second-order valence-corrected chi connectivity index (χ2v) is 11.6. The molecular formula is C31H40N4O5. The third-order valence-electron chi connectivity index (χ3n) is 7.99. The van der Waals surface area contributed by atoms with Gasteiger partial charge in [0.2, 0.25) is 11.8 Å². The van der Waals surface area contributed by atoms with Crippen LogP contribution in [0.15, 0.2) is 42.5 Å². The molecule has 5 rings (SSSR count). The molecule has 9 nitrogen and oxygen atoms in total. The van der Waals surface area contributed by atoms with Crippen LogP contribution < -0.4 is 25.2 Å². The summed E-state index contributed by atoms with van der Waals surface area (Å²) in [7, 11) is 1.65. The molecule has 3 amide bonds. The topological polar surface area (TPSA) is 100 Å². The van der Waals surface area contributed by atoms with Crippen molar-refractivity contribution in [1.29, 1.82) is 0 Å². The summed E-state index contributed by atoms with van der Waals surface area (Å²) in [5.74, 6) is -0.185. The molecule has 2 N–H and O–H groups in total. The Morgan fingerprint density at radius 2 is 1.90 bits per heavy atom. The van der Waals surface area contributed by atoms with Gasteiger partial charge in [0.1, 0.15) is 5.75 Å². The van der Waals surface area contributed by atoms with E-state index in [4.69, 9.17) is 9.47 Å². The Labute approximate surface area is 236 Å². The van der Waals surface area contributed by atoms with Crippen LogP contribution in [-0.2, 0) is 19.1 Å². The number of amides is 3. The van der Waals surface area contributed by atoms with E-state index in [0.717, 1.165) is 29.8 Å². The summed E-state index contributed by atoms with van der Waals surface area (Å²) in [6, 6.07) is 13.5. The molecule has 2 fully saturated rings. The first-order valence-electron chi connectivity index (χ1n) is 14.2. The molecule has 3 aliphatic rings. The van der Waals surface area contributed by atoms with E-state index in [1.807, 2.05) is 54.3 Å². The molecule has 2 atom stereocenters. The highest BCUT2D eigenvalue weighted by Crippen LogP contribution is 2.43. The van der Waals surface area contributed by atoms with Gasteiger partial charge in [-0.15, -0.1) is 0 Å². The molecule has 2 heterocycles. The van der Waals surface area contributed by atoms with Crippen LogP contribution in [-0.4, -0.2) is 62.7 Å². The standard InChI is InChI=1S/C31H40N4O5/c1-20-8-5-6-9-25(20)33-28(36)21-16-22(19-32-18-21)29(37)35(23-10-11-23)24-12-13-27-26(17-24)34(14-7-15-39-4)30(38)31(2,3)40-27/h5-6,8-9,12-13,17,21-23,32H,7,10-11,14-16,18-19H2,1-4H3,(H,33,36)/t21-,22+/m0/s1. The van der Waals surface area contributed by atoms with Crippen molar-refractivity contribution in [2.24, 2.45) is 11.8 Å². The molecule has 1 aliphatic carbocycles. The zero-order chi connectivity index (χ0) is 28.4. The molecule has 1 saturated heterocycles. The maximum atomic E-state index is 14.0. The molecule has 1 saturated carbocycles. The lowest BCUT2D eigenvalue weighted by atomic mass is 9.88. The summed E-state index contributed by atoms with van der Waals surface area (Å²) in [5, 5.41) is 6.36. The van der Waals surface area contributed by atoms with Crippen LogP contribution in [0, 0.1) is 18.8 Å². The van der Waals surface area contributed by atoms with Gasteiger partial charge in [-0.25, -0.2) is 0 Å². The number of fused-ring (bicyclic) bond motifs is 1. The Balaban J connectivity index is 1.36. The number of carbonyl (C=O) groups is 3. The first-order chi connectivity index (χ1) is 19.2. The van der Waals surface area contributed by atoms with Gasteiger partial charge < -0.3 is 29.9 Å². The minimum atomic E-state index is -0.977. The van der Waals surface area contributed by atoms with E-state index in [0.29, 0.717) is 50.5 Å². The molecule has 0 radical (unpaired) electrons. The van der Waals surface area contributed by atoms with Crippen molar-refractivity contribution in [2.75, 3.05) is 48.5 Å². The maximum Gasteiger partial charge on any atom is 0.270 e. The number of anilines is 3. The van der Waals surface area contributed by atoms with Crippen LogP contribution in [0.25, 0.3) is 0 Å². The Hall–Kier alpha value is -3.43. The van der Waals surface area contributed by atoms with E-state index in [-0.39, 0.29) is 35.6 Å². The summed E-state index contributed by atoms with van der Waals surface area (Å²) in [6.45, 7) is 7.62. The number of hydrogen-bond donors (Lipinski definition) is 2. The van der Waals surface area contributed by atoms with Gasteiger partial charge in [0, 0.05) is 50.8 Å². The fourth-order valence-corrected chi connectivity index (χ4v) is 5.62. The van der Waals surface area contributed by atoms with E-state index >= 15 is 0 Å². The normalized spacial score (nSPS) is 21.8. The lowest BCUT2D eigenvalue weighted by molar-refractivity contribution is -0.132. The predicted molar refractivity (Wildman–Crippen MR) is 155 cm³/mol. The van der Waals surface area contributed by atoms with E-state index in [1.54, 1.807) is 25.9 Å². The van der Waals surface area contributed by atoms with Crippen molar-refractivity contribution in [1.82, 2.24) is 5.32 Å². The van der Waals surface area contributed by atoms with E-state index in [9.17, 15) is 14.4 Å². The molecule has 0 unspecified atom stereocenters. The number of rotatable bonds is 9. The number of ether oxygens (including phenoxy) is 2. The number of nitrogens with zero attached hydrogens (tertiary/aromatic N) is 2. The third kappa shape index (κ3) is 5.86. The number of para-hydroxylation sites is 1. The minimum absolute atomic E-state index is 0.0117. The second-order valence-electron chi connectivity index (χ2n) is 11.6. The van der Waals surface area contributed by atoms with Gasteiger partial charge in [-0.3, -0.25) is 14.4 Å². The smallest absolute Gasteiger partial charge is 0.270 e. The van der Waals surface area contributed by atoms with Gasteiger partial charge in [0.05, 0.1) is 17.5 Å². The van der Waals surface area contributed by atoms with Gasteiger partial charge >= 0.3 is 0 Å². The van der Waals surface area contributed by atoms with Crippen molar-refractivity contribution in [2.45, 2.75) is 58.1 Å². The third-order valence-corrected chi connectivity index (χ3v) is 7.99. The monoisotopic (exact) mass is 548 g/mol. The van der Waals surface area contributed by atoms with Crippen molar-refractivity contribution in [3.05, 3.63) is 48.0 Å². The molecule has 0 bridgehead atoms. The van der Waals surface area contributed by atoms with Gasteiger partial charge in [-0.05, 0) is 76.3 Å². The molecule has 2 aromatic carbocycles. The van der Waals surface area contributed by atoms with E-state index in [2.05, 4.69) is 10.6 Å². The fourth-order valence-electron chi connectivity index (χ4n) is 5.62. The molecule has 2 aliphatic heterocycles. The number of methoxy groups -OCH3 is 1. The van der Waals surface area contributed by atoms with Gasteiger partial charge in [-0.1, -0.05) is 18.2 Å². The highest BCUT2D eigenvalue weighted by Gasteiger charge is 2.43. The lowest BCUT2D eigenvalue weighted by Gasteiger charge is -2.39. The van der Waals surface area contributed by atoms with Crippen LogP contribution in [0.1, 0.15) is 45.1 Å². The zero-order valence-electron chi connectivity index (χ0n) is 23.9. The average Bonchev–Trinajstić information content (AvgIpc) is 3.77. The molecule has 0 aromatic heterocycles. The first-order valence-corrected chi connectivity index (χ1v) is 14.2. The number of nitrogens with one attached hydrogen (secondary N) is 2. The van der Waals surface area contributed by atoms with Crippen molar-refractivity contribution in [3.63, 3.8) is 0 Å². The quantitative estimate of drug-likeness (QED) is 0.461. The van der Waals surface area contributed by atoms with Crippen LogP contribution in [0.3, 0.4) is 0 Å². The van der Waals surface area contributed by atoms with Crippen LogP contribution >= 0.6 is 0 Å². The van der Waals surface area contributed by atoms with Gasteiger partial charge in [0.25, 0.3) is 5.91 Å². The highest BCUT2D eigenvalue weighted by molar-refractivity contribution is 6.04. The van der Waals surface area contributed by atoms with E-state index < -0.39 is 5.60 Å². The SMILES string of the molecule is COCCCN1C(=O)C(C)(C)Oc2ccc(N(C(=O)[C@H]3CNC[C@@H](C(=O)Nc4ccccc4C)C3)C3CC3)cc21. The molecule has 214 valence electrons. The summed E-state index contributed by atoms with van der Waals surface area (Å²) in [4.78, 5) is 44.1. The first kappa shape index (κ1) is 28.1. The van der Waals surface area contributed by atoms with Crippen molar-refractivity contribution in [3.8, 4) is 5.75 Å². The number of benzene rings is 2. The number of carbonyl (C=O) groups excluding carboxylic acids is 3. The van der Waals surface area contributed by atoms with Crippen molar-refractivity contribution >= 4 is 34.8 Å². The Kier molecular flexibility index (Phi) is 8.14. The Bertz CT molecular complexity index is 1270. The fraction of sp³-hybridized carbons (Fsp3) is 0.516. The molecular weight excluding hydrogens is 508 g/mol. The van der Waals surface area contributed by atoms with E-state index in [1.165, 1.54) is 0 Å². The second kappa shape index (κ2) is 11.6. The number of aryl methyl sites for hydroxylation is 1. The molecule has 40 heavy (non-hydrogen) atoms. The largest absolute Gasteiger partial charge is 0.476 e. The average molecular weight is 549 g/mol. The van der Waals surface area contributed by atoms with Gasteiger partial charge in [0.15, 0.2) is 5.60 Å². The van der Waals surface area contributed by atoms with Crippen molar-refractivity contribution < 1.29 is 23.9 Å². The molecule has 2 aromatic rings. The van der Waals surface area contributed by atoms with Gasteiger partial charge in [-0.2, -0.15) is 0 Å². The number of hydrogen-bond acceptors (Lipinski definition) is 6. The number of piperidine rings is 1. The highest BCUT2D eigenvalue weighted by atomic mass is 16.5. The summed E-state index contributed by atoms with van der Waals surface area (Å²) >= 11 is 0. The summed E-state index contributed by atoms with van der Waals surface area (Å²) in [6.07, 6.45) is 3.03. The van der Waals surface area contributed by atoms with Crippen LogP contribution in [0.4, 0.5) is 17.1 Å².